The van der Waals surface area contributed by atoms with Crippen LogP contribution in [0.25, 0.3) is 0 Å². The summed E-state index contributed by atoms with van der Waals surface area (Å²) in [5, 5.41) is 29.6. The zero-order chi connectivity index (χ0) is 28.5. The first-order valence-corrected chi connectivity index (χ1v) is 12.4. The largest absolute Gasteiger partial charge is 0.503 e. The van der Waals surface area contributed by atoms with Gasteiger partial charge < -0.3 is 39.8 Å². The van der Waals surface area contributed by atoms with E-state index in [2.05, 4.69) is 21.2 Å². The van der Waals surface area contributed by atoms with Crippen molar-refractivity contribution in [2.45, 2.75) is 33.0 Å². The molecule has 39 heavy (non-hydrogen) atoms. The molecule has 0 saturated heterocycles. The molecule has 13 heteroatoms. The zero-order valence-corrected chi connectivity index (χ0v) is 22.7. The number of aromatic hydroxyl groups is 1. The van der Waals surface area contributed by atoms with Gasteiger partial charge in [0.05, 0.1) is 43.2 Å². The number of methoxy groups -OCH3 is 1. The second-order valence-electron chi connectivity index (χ2n) is 8.20. The number of carbonyl (C=O) groups is 2. The highest BCUT2D eigenvalue weighted by atomic mass is 35.5. The predicted molar refractivity (Wildman–Crippen MR) is 143 cm³/mol. The van der Waals surface area contributed by atoms with E-state index >= 15 is 0 Å². The number of aliphatic hydroxyl groups is 1. The van der Waals surface area contributed by atoms with Gasteiger partial charge in [-0.05, 0) is 56.2 Å². The number of hydrogen-bond donors (Lipinski definition) is 5. The summed E-state index contributed by atoms with van der Waals surface area (Å²) in [4.78, 5) is 24.5. The molecule has 2 aromatic rings. The first-order chi connectivity index (χ1) is 18.7. The van der Waals surface area contributed by atoms with Crippen molar-refractivity contribution >= 4 is 29.8 Å². The summed E-state index contributed by atoms with van der Waals surface area (Å²) in [6.45, 7) is 5.67. The van der Waals surface area contributed by atoms with E-state index in [9.17, 15) is 19.8 Å². The number of benzene rings is 2. The Hall–Kier alpha value is -4.16. The van der Waals surface area contributed by atoms with E-state index in [-0.39, 0.29) is 28.7 Å². The molecular weight excluding hydrogens is 532 g/mol. The van der Waals surface area contributed by atoms with Crippen LogP contribution in [0.15, 0.2) is 46.7 Å². The number of carbonyl (C=O) groups excluding carboxylic acids is 2. The molecule has 3 rings (SSSR count). The number of nitrogens with one attached hydrogen (secondary N) is 3. The third-order valence-electron chi connectivity index (χ3n) is 5.46. The summed E-state index contributed by atoms with van der Waals surface area (Å²) in [5.41, 5.74) is 4.29. The molecule has 1 aliphatic rings. The monoisotopic (exact) mass is 562 g/mol. The molecule has 210 valence electrons. The Morgan fingerprint density at radius 2 is 1.87 bits per heavy atom. The zero-order valence-electron chi connectivity index (χ0n) is 21.9. The molecule has 5 N–H and O–H groups in total. The van der Waals surface area contributed by atoms with Crippen LogP contribution < -0.4 is 30.3 Å². The highest BCUT2D eigenvalue weighted by Crippen LogP contribution is 2.36. The van der Waals surface area contributed by atoms with Gasteiger partial charge in [-0.3, -0.25) is 5.43 Å². The fraction of sp³-hybridized carbons (Fsp3) is 0.346. The van der Waals surface area contributed by atoms with Gasteiger partial charge in [0, 0.05) is 5.70 Å². The minimum Gasteiger partial charge on any atom is -0.503 e. The molecule has 0 saturated carbocycles. The maximum absolute atomic E-state index is 12.4. The fourth-order valence-electron chi connectivity index (χ4n) is 3.75. The maximum Gasteiger partial charge on any atom is 0.337 e. The highest BCUT2D eigenvalue weighted by molar-refractivity contribution is 6.32. The van der Waals surface area contributed by atoms with Gasteiger partial charge in [-0.1, -0.05) is 17.7 Å². The van der Waals surface area contributed by atoms with Crippen LogP contribution in [0, 0.1) is 0 Å². The average Bonchev–Trinajstić information content (AvgIpc) is 2.90. The summed E-state index contributed by atoms with van der Waals surface area (Å²) < 4.78 is 21.7. The number of halogens is 1. The standard InChI is InChI=1S/C26H31ClN4O8/c1-5-37-19-11-16(23-22(25(34)36-4)14(3)29-26(35)30-23)7-8-18(19)39-13-21(32)31-28-12-15-9-17(27)24(33)20(10-15)38-6-2/h7-12,21,23,31-33H,5-6,13H2,1-4H3,(H2,29,30,35)/b28-12-/t21-,23+/m0/s1. The van der Waals surface area contributed by atoms with Gasteiger partial charge in [-0.2, -0.15) is 5.10 Å². The molecule has 2 atom stereocenters. The molecule has 0 radical (unpaired) electrons. The number of nitrogens with zero attached hydrogens (tertiary/aromatic N) is 1. The molecule has 0 fully saturated rings. The van der Waals surface area contributed by atoms with Crippen LogP contribution in [0.5, 0.6) is 23.0 Å². The van der Waals surface area contributed by atoms with E-state index in [1.54, 1.807) is 45.0 Å². The van der Waals surface area contributed by atoms with Crippen molar-refractivity contribution in [2.75, 3.05) is 26.9 Å². The molecule has 2 aromatic carbocycles. The summed E-state index contributed by atoms with van der Waals surface area (Å²) >= 11 is 6.02. The van der Waals surface area contributed by atoms with Crippen molar-refractivity contribution in [1.82, 2.24) is 16.1 Å². The van der Waals surface area contributed by atoms with Crippen molar-refractivity contribution in [3.05, 3.63) is 57.8 Å². The number of esters is 1. The molecule has 0 aromatic heterocycles. The SMILES string of the molecule is CCOc1cc([C@H]2NC(=O)NC(C)=C2C(=O)OC)ccc1OC[C@H](O)N/N=C\c1cc(Cl)c(O)c(OCC)c1. The smallest absolute Gasteiger partial charge is 0.337 e. The van der Waals surface area contributed by atoms with Crippen LogP contribution in [0.2, 0.25) is 5.02 Å². The number of amides is 2. The number of hydrazone groups is 1. The van der Waals surface area contributed by atoms with Crippen LogP contribution in [-0.2, 0) is 9.53 Å². The normalized spacial score (nSPS) is 15.8. The van der Waals surface area contributed by atoms with Crippen molar-refractivity contribution in [3.63, 3.8) is 0 Å². The number of hydrogen-bond acceptors (Lipinski definition) is 10. The number of phenols is 1. The molecule has 1 heterocycles. The van der Waals surface area contributed by atoms with Gasteiger partial charge in [0.25, 0.3) is 0 Å². The Bertz CT molecular complexity index is 1270. The Balaban J connectivity index is 1.70. The molecule has 0 aliphatic carbocycles. The van der Waals surface area contributed by atoms with Crippen LogP contribution in [0.4, 0.5) is 4.79 Å². The molecule has 1 aliphatic heterocycles. The van der Waals surface area contributed by atoms with Gasteiger partial charge in [0.1, 0.15) is 6.61 Å². The quantitative estimate of drug-likeness (QED) is 0.113. The minimum atomic E-state index is -1.19. The number of aliphatic hydroxyl groups excluding tert-OH is 1. The molecule has 2 amide bonds. The third kappa shape index (κ3) is 7.45. The lowest BCUT2D eigenvalue weighted by Crippen LogP contribution is -2.45. The van der Waals surface area contributed by atoms with Crippen molar-refractivity contribution in [1.29, 1.82) is 0 Å². The number of urea groups is 1. The molecule has 12 nitrogen and oxygen atoms in total. The van der Waals surface area contributed by atoms with Crippen molar-refractivity contribution < 1.29 is 38.7 Å². The number of ether oxygens (including phenoxy) is 4. The van der Waals surface area contributed by atoms with Crippen LogP contribution in [0.3, 0.4) is 0 Å². The second kappa shape index (κ2) is 13.6. The summed E-state index contributed by atoms with van der Waals surface area (Å²) in [6.07, 6.45) is 0.216. The van der Waals surface area contributed by atoms with Gasteiger partial charge in [-0.15, -0.1) is 0 Å². The van der Waals surface area contributed by atoms with E-state index < -0.39 is 24.3 Å². The first-order valence-electron chi connectivity index (χ1n) is 12.1. The van der Waals surface area contributed by atoms with E-state index in [4.69, 9.17) is 30.5 Å². The Morgan fingerprint density at radius 3 is 2.56 bits per heavy atom. The summed E-state index contributed by atoms with van der Waals surface area (Å²) in [5.74, 6) is 0.154. The van der Waals surface area contributed by atoms with Crippen molar-refractivity contribution in [2.24, 2.45) is 5.10 Å². The molecule has 0 unspecified atom stereocenters. The Kier molecular flexibility index (Phi) is 10.2. The predicted octanol–water partition coefficient (Wildman–Crippen LogP) is 2.96. The first kappa shape index (κ1) is 29.4. The fourth-order valence-corrected chi connectivity index (χ4v) is 3.97. The van der Waals surface area contributed by atoms with Gasteiger partial charge in [0.15, 0.2) is 29.2 Å². The van der Waals surface area contributed by atoms with Crippen LogP contribution in [0.1, 0.15) is 37.9 Å². The van der Waals surface area contributed by atoms with Gasteiger partial charge >= 0.3 is 12.0 Å². The lowest BCUT2D eigenvalue weighted by molar-refractivity contribution is -0.136. The lowest BCUT2D eigenvalue weighted by atomic mass is 9.95. The van der Waals surface area contributed by atoms with E-state index in [1.165, 1.54) is 19.4 Å². The topological polar surface area (TPSA) is 160 Å². The second-order valence-corrected chi connectivity index (χ2v) is 8.60. The summed E-state index contributed by atoms with van der Waals surface area (Å²) in [7, 11) is 1.26. The third-order valence-corrected chi connectivity index (χ3v) is 5.75. The minimum absolute atomic E-state index is 0.103. The molecular formula is C26H31ClN4O8. The van der Waals surface area contributed by atoms with Crippen molar-refractivity contribution in [3.8, 4) is 23.0 Å². The highest BCUT2D eigenvalue weighted by Gasteiger charge is 2.32. The Labute approximate surface area is 230 Å². The lowest BCUT2D eigenvalue weighted by Gasteiger charge is -2.28. The summed E-state index contributed by atoms with van der Waals surface area (Å²) in [6, 6.07) is 6.76. The van der Waals surface area contributed by atoms with Gasteiger partial charge in [-0.25, -0.2) is 9.59 Å². The Morgan fingerprint density at radius 1 is 1.15 bits per heavy atom. The van der Waals surface area contributed by atoms with Crippen LogP contribution >= 0.6 is 11.6 Å². The molecule has 0 spiro atoms. The van der Waals surface area contributed by atoms with Gasteiger partial charge in [0.2, 0.25) is 0 Å². The number of phenolic OH excluding ortho intramolecular Hbond substituents is 1. The average molecular weight is 563 g/mol. The van der Waals surface area contributed by atoms with E-state index in [1.807, 2.05) is 0 Å². The molecule has 0 bridgehead atoms. The van der Waals surface area contributed by atoms with E-state index in [0.717, 1.165) is 0 Å². The number of allylic oxidation sites excluding steroid dienone is 1. The number of rotatable bonds is 12. The van der Waals surface area contributed by atoms with Crippen LogP contribution in [-0.4, -0.2) is 61.6 Å². The van der Waals surface area contributed by atoms with E-state index in [0.29, 0.717) is 41.5 Å². The maximum atomic E-state index is 12.4.